The van der Waals surface area contributed by atoms with Crippen LogP contribution in [0, 0.1) is 5.41 Å². The van der Waals surface area contributed by atoms with E-state index in [4.69, 9.17) is 9.47 Å². The molecule has 0 unspecified atom stereocenters. The first-order valence-electron chi connectivity index (χ1n) is 8.40. The highest BCUT2D eigenvalue weighted by molar-refractivity contribution is 7.92. The lowest BCUT2D eigenvalue weighted by Gasteiger charge is -2.29. The zero-order valence-corrected chi connectivity index (χ0v) is 16.8. The number of carbonyl (C=O) groups excluding carboxylic acids is 2. The predicted octanol–water partition coefficient (Wildman–Crippen LogP) is 3.27. The number of Topliss-reactive ketones (excluding diaryl/α,β-unsaturated/α-hetero) is 1. The van der Waals surface area contributed by atoms with Gasteiger partial charge in [0.15, 0.2) is 27.1 Å². The molecule has 2 aromatic rings. The van der Waals surface area contributed by atoms with Crippen LogP contribution in [0.5, 0.6) is 11.5 Å². The summed E-state index contributed by atoms with van der Waals surface area (Å²) in [4.78, 5) is 26.2. The van der Waals surface area contributed by atoms with Crippen LogP contribution in [0.1, 0.15) is 51.4 Å². The summed E-state index contributed by atoms with van der Waals surface area (Å²) in [6.07, 6.45) is 1.81. The van der Waals surface area contributed by atoms with E-state index >= 15 is 0 Å². The Morgan fingerprint density at radius 3 is 2.56 bits per heavy atom. The molecule has 1 aromatic heterocycles. The zero-order valence-electron chi connectivity index (χ0n) is 15.1. The second-order valence-electron chi connectivity index (χ2n) is 7.68. The average molecular weight is 406 g/mol. The molecule has 0 radical (unpaired) electrons. The fourth-order valence-electron chi connectivity index (χ4n) is 3.57. The lowest BCUT2D eigenvalue weighted by atomic mass is 9.74. The molecule has 1 aliphatic heterocycles. The normalized spacial score (nSPS) is 17.7. The van der Waals surface area contributed by atoms with Crippen molar-refractivity contribution in [1.29, 1.82) is 0 Å². The first kappa shape index (κ1) is 18.2. The molecule has 1 aliphatic carbocycles. The number of carbonyl (C=O) groups is 2. The molecular weight excluding hydrogens is 388 g/mol. The van der Waals surface area contributed by atoms with Gasteiger partial charge in [0.25, 0.3) is 0 Å². The van der Waals surface area contributed by atoms with E-state index in [0.717, 1.165) is 17.6 Å². The second-order valence-corrected chi connectivity index (χ2v) is 10.9. The van der Waals surface area contributed by atoms with Gasteiger partial charge in [0.05, 0.1) is 10.4 Å². The molecule has 0 atom stereocenters. The van der Waals surface area contributed by atoms with E-state index in [0.29, 0.717) is 33.9 Å². The number of fused-ring (bicyclic) bond motifs is 2. The number of hydrogen-bond donors (Lipinski definition) is 0. The van der Waals surface area contributed by atoms with Crippen molar-refractivity contribution in [3.05, 3.63) is 39.8 Å². The summed E-state index contributed by atoms with van der Waals surface area (Å²) >= 11 is 0.893. The number of sulfone groups is 1. The predicted molar refractivity (Wildman–Crippen MR) is 99.9 cm³/mol. The fraction of sp³-hybridized carbons (Fsp3) is 0.368. The van der Waals surface area contributed by atoms with E-state index in [1.165, 1.54) is 0 Å². The Bertz CT molecular complexity index is 1090. The van der Waals surface area contributed by atoms with Crippen LogP contribution in [0.3, 0.4) is 0 Å². The van der Waals surface area contributed by atoms with Gasteiger partial charge in [-0.05, 0) is 35.6 Å². The van der Waals surface area contributed by atoms with Crippen molar-refractivity contribution >= 4 is 32.7 Å². The zero-order chi connectivity index (χ0) is 19.6. The fourth-order valence-corrected chi connectivity index (χ4v) is 6.07. The topological polar surface area (TPSA) is 86.7 Å². The van der Waals surface area contributed by atoms with Crippen molar-refractivity contribution in [2.75, 3.05) is 13.0 Å². The minimum Gasteiger partial charge on any atom is -0.454 e. The molecule has 0 amide bonds. The lowest BCUT2D eigenvalue weighted by molar-refractivity contribution is 0.0909. The largest absolute Gasteiger partial charge is 0.454 e. The summed E-state index contributed by atoms with van der Waals surface area (Å²) in [7, 11) is -3.62. The molecular formula is C19H18O6S2. The van der Waals surface area contributed by atoms with Crippen molar-refractivity contribution in [3.8, 4) is 11.5 Å². The maximum Gasteiger partial charge on any atom is 0.231 e. The first-order chi connectivity index (χ1) is 12.6. The van der Waals surface area contributed by atoms with E-state index < -0.39 is 9.84 Å². The maximum atomic E-state index is 13.2. The van der Waals surface area contributed by atoms with Crippen LogP contribution in [0.2, 0.25) is 0 Å². The van der Waals surface area contributed by atoms with Crippen molar-refractivity contribution in [1.82, 2.24) is 0 Å². The Morgan fingerprint density at radius 1 is 1.15 bits per heavy atom. The number of thiophene rings is 1. The van der Waals surface area contributed by atoms with Gasteiger partial charge < -0.3 is 9.47 Å². The van der Waals surface area contributed by atoms with Gasteiger partial charge in [0, 0.05) is 18.2 Å². The molecule has 0 fully saturated rings. The molecule has 27 heavy (non-hydrogen) atoms. The Labute approximate surface area is 161 Å². The molecule has 1 aromatic carbocycles. The third-order valence-corrected chi connectivity index (χ3v) is 7.79. The monoisotopic (exact) mass is 406 g/mol. The van der Waals surface area contributed by atoms with Crippen LogP contribution in [0.4, 0.5) is 0 Å². The van der Waals surface area contributed by atoms with Crippen LogP contribution < -0.4 is 9.47 Å². The van der Waals surface area contributed by atoms with Gasteiger partial charge in [-0.1, -0.05) is 13.8 Å². The second kappa shape index (κ2) is 5.90. The van der Waals surface area contributed by atoms with Gasteiger partial charge >= 0.3 is 0 Å². The molecule has 4 rings (SSSR count). The standard InChI is InChI=1S/C19H18O6S2/c1-19(2)7-11-15(12(20)8-19)18(27(3,22)23)26-17(11)16(21)10-4-5-13-14(6-10)25-9-24-13/h4-6H,7-9H2,1-3H3. The Morgan fingerprint density at radius 2 is 1.85 bits per heavy atom. The lowest BCUT2D eigenvalue weighted by Crippen LogP contribution is -2.28. The minimum atomic E-state index is -3.62. The van der Waals surface area contributed by atoms with Gasteiger partial charge in [-0.2, -0.15) is 0 Å². The van der Waals surface area contributed by atoms with Gasteiger partial charge in [-0.25, -0.2) is 8.42 Å². The molecule has 0 saturated carbocycles. The quantitative estimate of drug-likeness (QED) is 0.727. The summed E-state index contributed by atoms with van der Waals surface area (Å²) in [5.41, 5.74) is 0.790. The number of benzene rings is 1. The first-order valence-corrected chi connectivity index (χ1v) is 11.1. The highest BCUT2D eigenvalue weighted by Gasteiger charge is 2.39. The SMILES string of the molecule is CC1(C)CC(=O)c2c(S(C)(=O)=O)sc(C(=O)c3ccc4c(c3)OCO4)c2C1. The van der Waals surface area contributed by atoms with Gasteiger partial charge in [-0.15, -0.1) is 11.3 Å². The van der Waals surface area contributed by atoms with E-state index in [1.54, 1.807) is 18.2 Å². The molecule has 0 bridgehead atoms. The third kappa shape index (κ3) is 3.06. The molecule has 8 heteroatoms. The van der Waals surface area contributed by atoms with Crippen molar-refractivity contribution in [2.24, 2.45) is 5.41 Å². The van der Waals surface area contributed by atoms with Crippen LogP contribution in [-0.4, -0.2) is 33.0 Å². The number of rotatable bonds is 3. The number of hydrogen-bond acceptors (Lipinski definition) is 7. The van der Waals surface area contributed by atoms with Crippen molar-refractivity contribution in [3.63, 3.8) is 0 Å². The van der Waals surface area contributed by atoms with E-state index in [-0.39, 0.29) is 40.0 Å². The van der Waals surface area contributed by atoms with Crippen LogP contribution >= 0.6 is 11.3 Å². The van der Waals surface area contributed by atoms with Gasteiger partial charge in [-0.3, -0.25) is 9.59 Å². The molecule has 0 spiro atoms. The summed E-state index contributed by atoms with van der Waals surface area (Å²) in [5, 5.41) is 0. The van der Waals surface area contributed by atoms with Crippen LogP contribution in [-0.2, 0) is 16.3 Å². The maximum absolute atomic E-state index is 13.2. The minimum absolute atomic E-state index is 0.0120. The number of ether oxygens (including phenoxy) is 2. The molecule has 6 nitrogen and oxygen atoms in total. The van der Waals surface area contributed by atoms with E-state index in [9.17, 15) is 18.0 Å². The molecule has 2 aliphatic rings. The Balaban J connectivity index is 1.88. The Kier molecular flexibility index (Phi) is 3.98. The van der Waals surface area contributed by atoms with Crippen molar-refractivity contribution < 1.29 is 27.5 Å². The summed E-state index contributed by atoms with van der Waals surface area (Å²) in [6.45, 7) is 3.99. The molecule has 0 saturated heterocycles. The Hall–Kier alpha value is -2.19. The van der Waals surface area contributed by atoms with Crippen LogP contribution in [0.15, 0.2) is 22.4 Å². The van der Waals surface area contributed by atoms with Crippen LogP contribution in [0.25, 0.3) is 0 Å². The smallest absolute Gasteiger partial charge is 0.231 e. The highest BCUT2D eigenvalue weighted by atomic mass is 32.2. The average Bonchev–Trinajstić information content (AvgIpc) is 3.16. The molecule has 142 valence electrons. The molecule has 2 heterocycles. The van der Waals surface area contributed by atoms with Gasteiger partial charge in [0.2, 0.25) is 12.6 Å². The third-order valence-electron chi connectivity index (χ3n) is 4.73. The summed E-state index contributed by atoms with van der Waals surface area (Å²) in [5.74, 6) is 0.511. The highest BCUT2D eigenvalue weighted by Crippen LogP contribution is 2.44. The summed E-state index contributed by atoms with van der Waals surface area (Å²) < 4.78 is 35.1. The van der Waals surface area contributed by atoms with Gasteiger partial charge in [0.1, 0.15) is 4.21 Å². The van der Waals surface area contributed by atoms with Crippen molar-refractivity contribution in [2.45, 2.75) is 30.9 Å². The molecule has 0 N–H and O–H groups in total. The number of ketones is 2. The van der Waals surface area contributed by atoms with E-state index in [1.807, 2.05) is 13.8 Å². The summed E-state index contributed by atoms with van der Waals surface area (Å²) in [6, 6.07) is 4.87. The van der Waals surface area contributed by atoms with E-state index in [2.05, 4.69) is 0 Å².